The number of hydrogen-bond acceptors (Lipinski definition) is 7. The van der Waals surface area contributed by atoms with Crippen LogP contribution in [0.2, 0.25) is 0 Å². The Labute approximate surface area is 336 Å². The van der Waals surface area contributed by atoms with Crippen molar-refractivity contribution < 1.29 is 29.0 Å². The van der Waals surface area contributed by atoms with Crippen molar-refractivity contribution in [3.05, 3.63) is 41.2 Å². The molecule has 1 aromatic rings. The monoisotopic (exact) mass is 774 g/mol. The van der Waals surface area contributed by atoms with E-state index in [1.54, 1.807) is 18.7 Å². The Morgan fingerprint density at radius 1 is 0.946 bits per heavy atom. The summed E-state index contributed by atoms with van der Waals surface area (Å²) < 4.78 is 6.19. The molecule has 5 aliphatic carbocycles. The van der Waals surface area contributed by atoms with Crippen LogP contribution in [-0.2, 0) is 30.5 Å². The van der Waals surface area contributed by atoms with E-state index in [0.717, 1.165) is 75.6 Å². The van der Waals surface area contributed by atoms with Gasteiger partial charge < -0.3 is 14.7 Å². The number of hydrogen-bond donors (Lipinski definition) is 1. The highest BCUT2D eigenvalue weighted by molar-refractivity contribution is 6.00. The van der Waals surface area contributed by atoms with Crippen LogP contribution < -0.4 is 0 Å². The van der Waals surface area contributed by atoms with E-state index < -0.39 is 17.4 Å². The highest BCUT2D eigenvalue weighted by Gasteiger charge is 2.70. The van der Waals surface area contributed by atoms with Gasteiger partial charge in [-0.15, -0.1) is 0 Å². The molecule has 9 nitrogen and oxygen atoms in total. The summed E-state index contributed by atoms with van der Waals surface area (Å²) >= 11 is 0. The second kappa shape index (κ2) is 14.9. The van der Waals surface area contributed by atoms with E-state index >= 15 is 0 Å². The minimum absolute atomic E-state index is 0.0396. The molecule has 1 aromatic heterocycles. The van der Waals surface area contributed by atoms with E-state index in [1.165, 1.54) is 5.57 Å². The van der Waals surface area contributed by atoms with Crippen molar-refractivity contribution in [2.75, 3.05) is 27.2 Å². The minimum Gasteiger partial charge on any atom is -0.481 e. The number of allylic oxidation sites excluding steroid dienone is 2. The van der Waals surface area contributed by atoms with Gasteiger partial charge in [-0.1, -0.05) is 60.1 Å². The molecule has 4 saturated carbocycles. The molecule has 9 heteroatoms. The third kappa shape index (κ3) is 7.08. The summed E-state index contributed by atoms with van der Waals surface area (Å²) in [6.07, 6.45) is 11.1. The lowest BCUT2D eigenvalue weighted by molar-refractivity contribution is -0.233. The molecule has 0 aromatic carbocycles. The third-order valence-electron chi connectivity index (χ3n) is 16.8. The fraction of sp³-hybridized carbons (Fsp3) is 0.766. The number of carbonyl (C=O) groups is 4. The van der Waals surface area contributed by atoms with Gasteiger partial charge in [0.05, 0.1) is 24.1 Å². The Balaban J connectivity index is 1.27. The standard InChI is InChI=1S/C47H71N3O6/c1-30(2)39-33(51)26-47(23-25-50(29-37(52)49(10)11)28-31-14-12-13-24-48-31)22-21-45(8)32(40(39)47)15-16-35-44(7)19-18-36(56-38(53)27-42(3,4)41(54)55)43(5,6)34(44)17-20-46(35,45)9/h12-14,24,30,32,34-36H,15-23,25-29H2,1-11H3,(H,54,55). The van der Waals surface area contributed by atoms with E-state index in [9.17, 15) is 24.3 Å². The van der Waals surface area contributed by atoms with Crippen LogP contribution in [0, 0.1) is 56.2 Å². The molecule has 310 valence electrons. The van der Waals surface area contributed by atoms with Crippen LogP contribution in [0.25, 0.3) is 0 Å². The number of Topliss-reactive ketones (excluding diaryl/α,β-unsaturated/α-hetero) is 1. The van der Waals surface area contributed by atoms with Crippen LogP contribution in [0.1, 0.15) is 139 Å². The molecule has 0 spiro atoms. The molecule has 1 amide bonds. The first-order valence-corrected chi connectivity index (χ1v) is 21.6. The number of carbonyl (C=O) groups excluding carboxylic acids is 3. The topological polar surface area (TPSA) is 117 Å². The van der Waals surface area contributed by atoms with Crippen LogP contribution in [-0.4, -0.2) is 76.8 Å². The third-order valence-corrected chi connectivity index (χ3v) is 16.8. The maximum Gasteiger partial charge on any atom is 0.309 e. The van der Waals surface area contributed by atoms with E-state index in [0.29, 0.717) is 43.0 Å². The van der Waals surface area contributed by atoms with Gasteiger partial charge in [0.2, 0.25) is 5.91 Å². The minimum atomic E-state index is -1.17. The summed E-state index contributed by atoms with van der Waals surface area (Å²) in [6, 6.07) is 5.94. The molecule has 1 N–H and O–H groups in total. The first-order chi connectivity index (χ1) is 26.0. The van der Waals surface area contributed by atoms with Crippen molar-refractivity contribution >= 4 is 23.6 Å². The highest BCUT2D eigenvalue weighted by Crippen LogP contribution is 2.77. The quantitative estimate of drug-likeness (QED) is 0.210. The Morgan fingerprint density at radius 3 is 2.29 bits per heavy atom. The summed E-state index contributed by atoms with van der Waals surface area (Å²) in [5, 5.41) is 9.64. The van der Waals surface area contributed by atoms with Crippen molar-refractivity contribution in [2.24, 2.45) is 56.2 Å². The average molecular weight is 774 g/mol. The lowest BCUT2D eigenvalue weighted by Crippen LogP contribution is -2.65. The molecule has 8 unspecified atom stereocenters. The molecule has 5 aliphatic rings. The fourth-order valence-corrected chi connectivity index (χ4v) is 13.5. The molecule has 0 bridgehead atoms. The van der Waals surface area contributed by atoms with E-state index in [-0.39, 0.29) is 51.4 Å². The van der Waals surface area contributed by atoms with Gasteiger partial charge in [0, 0.05) is 44.1 Å². The number of likely N-dealkylation sites (N-methyl/N-ethyl adjacent to an activating group) is 1. The van der Waals surface area contributed by atoms with Gasteiger partial charge in [0.1, 0.15) is 6.10 Å². The molecule has 1 heterocycles. The van der Waals surface area contributed by atoms with Gasteiger partial charge in [0.25, 0.3) is 0 Å². The summed E-state index contributed by atoms with van der Waals surface area (Å²) in [4.78, 5) is 60.8. The molecular formula is C47H71N3O6. The SMILES string of the molecule is CC(C)C1=C2C3CCC4C5(C)CCC(OC(=O)CC(C)(C)C(=O)O)C(C)(C)C5CCC4(C)C3(C)CCC2(CCN(CC(=O)N(C)C)Cc2ccccn2)CC1=O. The second-order valence-corrected chi connectivity index (χ2v) is 21.3. The summed E-state index contributed by atoms with van der Waals surface area (Å²) in [5.41, 5.74) is 2.12. The van der Waals surface area contributed by atoms with Crippen LogP contribution in [0.4, 0.5) is 0 Å². The molecular weight excluding hydrogens is 703 g/mol. The fourth-order valence-electron chi connectivity index (χ4n) is 13.5. The first kappa shape index (κ1) is 42.5. The molecule has 0 radical (unpaired) electrons. The van der Waals surface area contributed by atoms with Crippen molar-refractivity contribution in [2.45, 2.75) is 146 Å². The number of carboxylic acid groups (broad SMARTS) is 1. The second-order valence-electron chi connectivity index (χ2n) is 21.3. The number of rotatable bonds is 12. The molecule has 6 rings (SSSR count). The first-order valence-electron chi connectivity index (χ1n) is 21.6. The zero-order chi connectivity index (χ0) is 41.2. The highest BCUT2D eigenvalue weighted by atomic mass is 16.5. The van der Waals surface area contributed by atoms with Crippen molar-refractivity contribution in [3.63, 3.8) is 0 Å². The maximum atomic E-state index is 14.3. The van der Waals surface area contributed by atoms with E-state index in [1.807, 2.05) is 38.5 Å². The van der Waals surface area contributed by atoms with Gasteiger partial charge in [-0.25, -0.2) is 0 Å². The van der Waals surface area contributed by atoms with Gasteiger partial charge in [-0.05, 0) is 136 Å². The van der Waals surface area contributed by atoms with Crippen molar-refractivity contribution in [1.82, 2.24) is 14.8 Å². The molecule has 4 fully saturated rings. The number of aliphatic carboxylic acids is 1. The van der Waals surface area contributed by atoms with Crippen LogP contribution in [0.3, 0.4) is 0 Å². The number of nitrogens with zero attached hydrogens (tertiary/aromatic N) is 3. The van der Waals surface area contributed by atoms with Crippen molar-refractivity contribution in [3.8, 4) is 0 Å². The number of ether oxygens (including phenoxy) is 1. The number of pyridine rings is 1. The van der Waals surface area contributed by atoms with Gasteiger partial charge in [-0.2, -0.15) is 0 Å². The smallest absolute Gasteiger partial charge is 0.309 e. The molecule has 56 heavy (non-hydrogen) atoms. The van der Waals surface area contributed by atoms with Gasteiger partial charge in [0.15, 0.2) is 5.78 Å². The normalized spacial score (nSPS) is 35.1. The molecule has 0 saturated heterocycles. The molecule has 8 atom stereocenters. The van der Waals surface area contributed by atoms with E-state index in [4.69, 9.17) is 4.74 Å². The van der Waals surface area contributed by atoms with Crippen LogP contribution in [0.5, 0.6) is 0 Å². The summed E-state index contributed by atoms with van der Waals surface area (Å²) in [6.45, 7) is 21.5. The predicted molar refractivity (Wildman–Crippen MR) is 218 cm³/mol. The lowest BCUT2D eigenvalue weighted by Gasteiger charge is -2.72. The average Bonchev–Trinajstić information content (AvgIpc) is 3.41. The Hall–Kier alpha value is -3.07. The van der Waals surface area contributed by atoms with Gasteiger partial charge >= 0.3 is 11.9 Å². The number of fused-ring (bicyclic) bond motifs is 7. The van der Waals surface area contributed by atoms with E-state index in [2.05, 4.69) is 58.4 Å². The Morgan fingerprint density at radius 2 is 1.66 bits per heavy atom. The van der Waals surface area contributed by atoms with Crippen molar-refractivity contribution in [1.29, 1.82) is 0 Å². The Bertz CT molecular complexity index is 1730. The summed E-state index contributed by atoms with van der Waals surface area (Å²) in [7, 11) is 3.62. The van der Waals surface area contributed by atoms with Crippen LogP contribution >= 0.6 is 0 Å². The number of esters is 1. The predicted octanol–water partition coefficient (Wildman–Crippen LogP) is 8.76. The maximum absolute atomic E-state index is 14.3. The summed E-state index contributed by atoms with van der Waals surface area (Å²) in [5.74, 6) is 0.407. The largest absolute Gasteiger partial charge is 0.481 e. The zero-order valence-electron chi connectivity index (χ0n) is 36.4. The van der Waals surface area contributed by atoms with Gasteiger partial charge in [-0.3, -0.25) is 29.1 Å². The molecule has 0 aliphatic heterocycles. The zero-order valence-corrected chi connectivity index (χ0v) is 36.4. The Kier molecular flexibility index (Phi) is 11.4. The lowest BCUT2D eigenvalue weighted by atomic mass is 9.33. The van der Waals surface area contributed by atoms with Crippen LogP contribution in [0.15, 0.2) is 35.5 Å². The number of carboxylic acids is 1. The number of ketones is 1. The number of aromatic nitrogens is 1. The number of amides is 1.